The molecule has 0 aromatic heterocycles. The van der Waals surface area contributed by atoms with Crippen LogP contribution in [-0.4, -0.2) is 31.3 Å². The van der Waals surface area contributed by atoms with E-state index in [-0.39, 0.29) is 5.75 Å². The molecule has 0 spiro atoms. The van der Waals surface area contributed by atoms with E-state index in [1.54, 1.807) is 12.1 Å². The SMILES string of the molecule is COc1ccc(CNCC2(SC)CCC2)cc1OC(F)F. The minimum Gasteiger partial charge on any atom is -0.493 e. The van der Waals surface area contributed by atoms with Gasteiger partial charge >= 0.3 is 6.61 Å². The summed E-state index contributed by atoms with van der Waals surface area (Å²) < 4.78 is 34.6. The van der Waals surface area contributed by atoms with Crippen LogP contribution in [0.5, 0.6) is 11.5 Å². The molecule has 118 valence electrons. The first-order valence-corrected chi connectivity index (χ1v) is 8.19. The normalized spacial score (nSPS) is 16.6. The van der Waals surface area contributed by atoms with Gasteiger partial charge in [-0.25, -0.2) is 0 Å². The van der Waals surface area contributed by atoms with Crippen molar-refractivity contribution in [1.29, 1.82) is 0 Å². The summed E-state index contributed by atoms with van der Waals surface area (Å²) in [5, 5.41) is 3.41. The van der Waals surface area contributed by atoms with Gasteiger partial charge in [-0.2, -0.15) is 20.5 Å². The summed E-state index contributed by atoms with van der Waals surface area (Å²) >= 11 is 1.91. The number of rotatable bonds is 8. The Balaban J connectivity index is 1.93. The Hall–Kier alpha value is -1.01. The number of ether oxygens (including phenoxy) is 2. The minimum absolute atomic E-state index is 0.0787. The van der Waals surface area contributed by atoms with E-state index in [1.807, 2.05) is 17.8 Å². The van der Waals surface area contributed by atoms with Gasteiger partial charge in [0.1, 0.15) is 0 Å². The zero-order chi connectivity index (χ0) is 15.3. The fraction of sp³-hybridized carbons (Fsp3) is 0.600. The Morgan fingerprint density at radius 3 is 2.62 bits per heavy atom. The molecule has 0 bridgehead atoms. The highest BCUT2D eigenvalue weighted by atomic mass is 32.2. The Morgan fingerprint density at radius 2 is 2.10 bits per heavy atom. The quantitative estimate of drug-likeness (QED) is 0.792. The molecule has 1 aliphatic carbocycles. The second-order valence-corrected chi connectivity index (χ2v) is 6.48. The molecule has 1 fully saturated rings. The molecule has 0 radical (unpaired) electrons. The molecule has 0 atom stereocenters. The van der Waals surface area contributed by atoms with E-state index >= 15 is 0 Å². The summed E-state index contributed by atoms with van der Waals surface area (Å²) in [6, 6.07) is 5.11. The number of hydrogen-bond donors (Lipinski definition) is 1. The molecule has 21 heavy (non-hydrogen) atoms. The predicted octanol–water partition coefficient (Wildman–Crippen LogP) is 3.67. The molecule has 0 heterocycles. The predicted molar refractivity (Wildman–Crippen MR) is 81.4 cm³/mol. The number of hydrogen-bond acceptors (Lipinski definition) is 4. The van der Waals surface area contributed by atoms with Crippen LogP contribution in [-0.2, 0) is 6.54 Å². The van der Waals surface area contributed by atoms with Crippen molar-refractivity contribution in [2.45, 2.75) is 37.2 Å². The summed E-state index contributed by atoms with van der Waals surface area (Å²) in [4.78, 5) is 0. The molecule has 3 nitrogen and oxygen atoms in total. The van der Waals surface area contributed by atoms with Gasteiger partial charge in [-0.1, -0.05) is 12.5 Å². The van der Waals surface area contributed by atoms with Crippen LogP contribution in [0.4, 0.5) is 8.78 Å². The van der Waals surface area contributed by atoms with Crippen LogP contribution in [0.15, 0.2) is 18.2 Å². The lowest BCUT2D eigenvalue weighted by molar-refractivity contribution is -0.0512. The maximum absolute atomic E-state index is 12.4. The van der Waals surface area contributed by atoms with E-state index in [1.165, 1.54) is 26.4 Å². The number of halogens is 2. The molecule has 0 unspecified atom stereocenters. The molecule has 1 aromatic rings. The molecule has 0 amide bonds. The van der Waals surface area contributed by atoms with Gasteiger partial charge in [0.05, 0.1) is 7.11 Å². The van der Waals surface area contributed by atoms with Crippen molar-refractivity contribution >= 4 is 11.8 Å². The van der Waals surface area contributed by atoms with Gasteiger partial charge in [0, 0.05) is 17.8 Å². The van der Waals surface area contributed by atoms with E-state index in [0.717, 1.165) is 12.1 Å². The largest absolute Gasteiger partial charge is 0.493 e. The Kier molecular flexibility index (Phi) is 5.70. The summed E-state index contributed by atoms with van der Waals surface area (Å²) in [6.07, 6.45) is 5.91. The zero-order valence-corrected chi connectivity index (χ0v) is 13.1. The van der Waals surface area contributed by atoms with Crippen molar-refractivity contribution in [2.24, 2.45) is 0 Å². The molecule has 0 aliphatic heterocycles. The van der Waals surface area contributed by atoms with Gasteiger partial charge in [-0.15, -0.1) is 0 Å². The molecule has 1 aromatic carbocycles. The first-order chi connectivity index (χ1) is 10.1. The lowest BCUT2D eigenvalue weighted by Gasteiger charge is -2.40. The number of nitrogens with one attached hydrogen (secondary N) is 1. The van der Waals surface area contributed by atoms with Gasteiger partial charge in [0.25, 0.3) is 0 Å². The second-order valence-electron chi connectivity index (χ2n) is 5.21. The third-order valence-corrected chi connectivity index (χ3v) is 5.34. The summed E-state index contributed by atoms with van der Waals surface area (Å²) in [7, 11) is 1.43. The topological polar surface area (TPSA) is 30.5 Å². The molecular formula is C15H21F2NO2S. The molecule has 1 N–H and O–H groups in total. The van der Waals surface area contributed by atoms with E-state index in [4.69, 9.17) is 4.74 Å². The smallest absolute Gasteiger partial charge is 0.387 e. The highest BCUT2D eigenvalue weighted by molar-refractivity contribution is 8.00. The number of thioether (sulfide) groups is 1. The molecule has 6 heteroatoms. The third-order valence-electron chi connectivity index (χ3n) is 3.92. The number of alkyl halides is 2. The summed E-state index contributed by atoms with van der Waals surface area (Å²) in [5.74, 6) is 0.397. The summed E-state index contributed by atoms with van der Waals surface area (Å²) in [6.45, 7) is -1.28. The van der Waals surface area contributed by atoms with Crippen LogP contribution in [0, 0.1) is 0 Å². The van der Waals surface area contributed by atoms with Gasteiger partial charge in [0.15, 0.2) is 11.5 Å². The maximum atomic E-state index is 12.4. The highest BCUT2D eigenvalue weighted by Gasteiger charge is 2.35. The fourth-order valence-corrected chi connectivity index (χ4v) is 3.42. The van der Waals surface area contributed by atoms with Crippen LogP contribution in [0.25, 0.3) is 0 Å². The fourth-order valence-electron chi connectivity index (χ4n) is 2.48. The molecular weight excluding hydrogens is 296 g/mol. The van der Waals surface area contributed by atoms with Crippen LogP contribution in [0.1, 0.15) is 24.8 Å². The molecule has 1 aliphatic rings. The number of methoxy groups -OCH3 is 1. The average Bonchev–Trinajstić information content (AvgIpc) is 2.41. The van der Waals surface area contributed by atoms with E-state index in [9.17, 15) is 8.78 Å². The second kappa shape index (κ2) is 7.31. The van der Waals surface area contributed by atoms with E-state index in [2.05, 4.69) is 16.3 Å². The van der Waals surface area contributed by atoms with Crippen LogP contribution < -0.4 is 14.8 Å². The summed E-state index contributed by atoms with van der Waals surface area (Å²) in [5.41, 5.74) is 0.905. The monoisotopic (exact) mass is 317 g/mol. The van der Waals surface area contributed by atoms with Crippen LogP contribution in [0.2, 0.25) is 0 Å². The third kappa shape index (κ3) is 4.23. The molecule has 1 saturated carbocycles. The van der Waals surface area contributed by atoms with Gasteiger partial charge in [0.2, 0.25) is 0 Å². The van der Waals surface area contributed by atoms with Crippen molar-refractivity contribution in [3.05, 3.63) is 23.8 Å². The lowest BCUT2D eigenvalue weighted by Crippen LogP contribution is -2.43. The minimum atomic E-state index is -2.85. The highest BCUT2D eigenvalue weighted by Crippen LogP contribution is 2.42. The van der Waals surface area contributed by atoms with Crippen molar-refractivity contribution in [1.82, 2.24) is 5.32 Å². The maximum Gasteiger partial charge on any atom is 0.387 e. The van der Waals surface area contributed by atoms with Crippen molar-refractivity contribution in [3.8, 4) is 11.5 Å². The van der Waals surface area contributed by atoms with Gasteiger partial charge < -0.3 is 14.8 Å². The van der Waals surface area contributed by atoms with Gasteiger partial charge in [-0.05, 0) is 36.8 Å². The number of benzene rings is 1. The Morgan fingerprint density at radius 1 is 1.33 bits per heavy atom. The van der Waals surface area contributed by atoms with Crippen molar-refractivity contribution in [3.63, 3.8) is 0 Å². The first kappa shape index (κ1) is 16.4. The van der Waals surface area contributed by atoms with E-state index in [0.29, 0.717) is 17.0 Å². The standard InChI is InChI=1S/C15H21F2NO2S/c1-19-12-5-4-11(8-13(12)20-14(16)17)9-18-10-15(21-2)6-3-7-15/h4-5,8,14,18H,3,6-7,9-10H2,1-2H3. The van der Waals surface area contributed by atoms with Crippen molar-refractivity contribution < 1.29 is 18.3 Å². The molecule has 2 rings (SSSR count). The van der Waals surface area contributed by atoms with E-state index < -0.39 is 6.61 Å². The average molecular weight is 317 g/mol. The van der Waals surface area contributed by atoms with Crippen molar-refractivity contribution in [2.75, 3.05) is 19.9 Å². The Labute approximate surface area is 128 Å². The van der Waals surface area contributed by atoms with Gasteiger partial charge in [-0.3, -0.25) is 0 Å². The van der Waals surface area contributed by atoms with Crippen LogP contribution >= 0.6 is 11.8 Å². The Bertz CT molecular complexity index is 461. The molecule has 0 saturated heterocycles. The first-order valence-electron chi connectivity index (χ1n) is 6.96. The van der Waals surface area contributed by atoms with Crippen LogP contribution in [0.3, 0.4) is 0 Å². The lowest BCUT2D eigenvalue weighted by atomic mass is 9.84. The zero-order valence-electron chi connectivity index (χ0n) is 12.3.